The molecule has 2 fully saturated rings. The molecule has 2 bridgehead atoms. The normalized spacial score (nSPS) is 35.4. The first-order chi connectivity index (χ1) is 8.91. The van der Waals surface area contributed by atoms with E-state index < -0.39 is 0 Å². The highest BCUT2D eigenvalue weighted by Gasteiger charge is 2.48. The van der Waals surface area contributed by atoms with Gasteiger partial charge in [0.05, 0.1) is 12.2 Å². The number of ether oxygens (including phenoxy) is 2. The second-order valence-corrected chi connectivity index (χ2v) is 7.57. The SMILES string of the molecule is CC1CC2CCCC(C(OC(C)C)OC(C)C)(C1)C2. The fourth-order valence-corrected chi connectivity index (χ4v) is 4.38. The van der Waals surface area contributed by atoms with Crippen LogP contribution in [-0.2, 0) is 9.47 Å². The standard InChI is InChI=1S/C17H32O2/c1-12(2)18-16(19-13(3)4)17-8-6-7-15(11-17)9-14(5)10-17/h12-16H,6-11H2,1-5H3. The van der Waals surface area contributed by atoms with Gasteiger partial charge < -0.3 is 9.47 Å². The van der Waals surface area contributed by atoms with E-state index in [0.717, 1.165) is 11.8 Å². The van der Waals surface area contributed by atoms with Crippen LogP contribution in [0.2, 0.25) is 0 Å². The quantitative estimate of drug-likeness (QED) is 0.669. The molecule has 2 saturated carbocycles. The first-order valence-electron chi connectivity index (χ1n) is 8.22. The highest BCUT2D eigenvalue weighted by atomic mass is 16.7. The predicted molar refractivity (Wildman–Crippen MR) is 79.0 cm³/mol. The summed E-state index contributed by atoms with van der Waals surface area (Å²) in [7, 11) is 0. The second-order valence-electron chi connectivity index (χ2n) is 7.57. The van der Waals surface area contributed by atoms with Crippen LogP contribution in [0.5, 0.6) is 0 Å². The van der Waals surface area contributed by atoms with Crippen LogP contribution in [0.4, 0.5) is 0 Å². The third kappa shape index (κ3) is 3.72. The maximum atomic E-state index is 6.20. The highest BCUT2D eigenvalue weighted by Crippen LogP contribution is 2.54. The van der Waals surface area contributed by atoms with E-state index in [1.54, 1.807) is 0 Å². The van der Waals surface area contributed by atoms with Gasteiger partial charge in [-0.2, -0.15) is 0 Å². The van der Waals surface area contributed by atoms with Crippen molar-refractivity contribution < 1.29 is 9.47 Å². The van der Waals surface area contributed by atoms with Gasteiger partial charge in [-0.05, 0) is 65.2 Å². The van der Waals surface area contributed by atoms with E-state index in [0.29, 0.717) is 0 Å². The van der Waals surface area contributed by atoms with Crippen molar-refractivity contribution in [1.29, 1.82) is 0 Å². The molecule has 0 spiro atoms. The lowest BCUT2D eigenvalue weighted by molar-refractivity contribution is -0.259. The molecule has 19 heavy (non-hydrogen) atoms. The minimum atomic E-state index is -0.00181. The first-order valence-corrected chi connectivity index (χ1v) is 8.22. The minimum Gasteiger partial charge on any atom is -0.349 e. The Balaban J connectivity index is 2.16. The van der Waals surface area contributed by atoms with Crippen molar-refractivity contribution in [2.75, 3.05) is 0 Å². The maximum Gasteiger partial charge on any atom is 0.163 e. The molecule has 0 saturated heterocycles. The van der Waals surface area contributed by atoms with Gasteiger partial charge in [-0.25, -0.2) is 0 Å². The van der Waals surface area contributed by atoms with E-state index in [1.165, 1.54) is 38.5 Å². The zero-order valence-corrected chi connectivity index (χ0v) is 13.4. The molecule has 2 aliphatic rings. The van der Waals surface area contributed by atoms with Gasteiger partial charge in [0.15, 0.2) is 6.29 Å². The third-order valence-corrected chi connectivity index (χ3v) is 4.76. The molecule has 0 aromatic rings. The van der Waals surface area contributed by atoms with Gasteiger partial charge in [-0.15, -0.1) is 0 Å². The third-order valence-electron chi connectivity index (χ3n) is 4.76. The van der Waals surface area contributed by atoms with E-state index in [2.05, 4.69) is 34.6 Å². The molecule has 2 aliphatic carbocycles. The first kappa shape index (κ1) is 15.3. The maximum absolute atomic E-state index is 6.20. The van der Waals surface area contributed by atoms with Crippen LogP contribution in [-0.4, -0.2) is 18.5 Å². The molecule has 112 valence electrons. The Kier molecular flexibility index (Phi) is 4.94. The van der Waals surface area contributed by atoms with Crippen molar-refractivity contribution in [3.63, 3.8) is 0 Å². The lowest BCUT2D eigenvalue weighted by atomic mass is 9.59. The summed E-state index contributed by atoms with van der Waals surface area (Å²) in [6.45, 7) is 10.9. The molecule has 0 aromatic carbocycles. The zero-order chi connectivity index (χ0) is 14.0. The zero-order valence-electron chi connectivity index (χ0n) is 13.4. The van der Waals surface area contributed by atoms with Crippen LogP contribution in [0, 0.1) is 17.3 Å². The van der Waals surface area contributed by atoms with Crippen LogP contribution in [0.1, 0.15) is 73.1 Å². The summed E-state index contributed by atoms with van der Waals surface area (Å²) in [6, 6.07) is 0. The topological polar surface area (TPSA) is 18.5 Å². The Labute approximate surface area is 119 Å². The summed E-state index contributed by atoms with van der Waals surface area (Å²) in [5, 5.41) is 0. The fourth-order valence-electron chi connectivity index (χ4n) is 4.38. The van der Waals surface area contributed by atoms with Gasteiger partial charge in [0.25, 0.3) is 0 Å². The molecule has 0 N–H and O–H groups in total. The average molecular weight is 268 g/mol. The number of hydrogen-bond acceptors (Lipinski definition) is 2. The van der Waals surface area contributed by atoms with Gasteiger partial charge in [-0.1, -0.05) is 19.8 Å². The molecule has 0 amide bonds. The van der Waals surface area contributed by atoms with E-state index >= 15 is 0 Å². The minimum absolute atomic E-state index is 0.00181. The van der Waals surface area contributed by atoms with Crippen molar-refractivity contribution in [3.8, 4) is 0 Å². The average Bonchev–Trinajstić information content (AvgIpc) is 2.25. The highest BCUT2D eigenvalue weighted by molar-refractivity contribution is 4.95. The second kappa shape index (κ2) is 6.13. The largest absolute Gasteiger partial charge is 0.349 e. The Bertz CT molecular complexity index is 273. The molecule has 3 atom stereocenters. The van der Waals surface area contributed by atoms with E-state index in [-0.39, 0.29) is 23.9 Å². The van der Waals surface area contributed by atoms with Gasteiger partial charge in [0, 0.05) is 5.41 Å². The van der Waals surface area contributed by atoms with Crippen molar-refractivity contribution in [3.05, 3.63) is 0 Å². The van der Waals surface area contributed by atoms with Gasteiger partial charge in [0.2, 0.25) is 0 Å². The Morgan fingerprint density at radius 1 is 1.00 bits per heavy atom. The van der Waals surface area contributed by atoms with Gasteiger partial charge >= 0.3 is 0 Å². The number of fused-ring (bicyclic) bond motifs is 2. The molecular formula is C17H32O2. The molecule has 0 aliphatic heterocycles. The van der Waals surface area contributed by atoms with Crippen LogP contribution < -0.4 is 0 Å². The summed E-state index contributed by atoms with van der Waals surface area (Å²) in [4.78, 5) is 0. The molecule has 0 heterocycles. The van der Waals surface area contributed by atoms with Crippen LogP contribution in [0.15, 0.2) is 0 Å². The van der Waals surface area contributed by atoms with Crippen molar-refractivity contribution in [1.82, 2.24) is 0 Å². The van der Waals surface area contributed by atoms with E-state index in [9.17, 15) is 0 Å². The number of hydrogen-bond donors (Lipinski definition) is 0. The molecule has 2 nitrogen and oxygen atoms in total. The van der Waals surface area contributed by atoms with Crippen LogP contribution >= 0.6 is 0 Å². The molecular weight excluding hydrogens is 236 g/mol. The fraction of sp³-hybridized carbons (Fsp3) is 1.00. The van der Waals surface area contributed by atoms with Gasteiger partial charge in [0.1, 0.15) is 0 Å². The summed E-state index contributed by atoms with van der Waals surface area (Å²) < 4.78 is 12.4. The van der Waals surface area contributed by atoms with E-state index in [4.69, 9.17) is 9.47 Å². The Morgan fingerprint density at radius 2 is 1.63 bits per heavy atom. The number of rotatable bonds is 5. The van der Waals surface area contributed by atoms with Gasteiger partial charge in [-0.3, -0.25) is 0 Å². The van der Waals surface area contributed by atoms with E-state index in [1.807, 2.05) is 0 Å². The predicted octanol–water partition coefficient (Wildman–Crippen LogP) is 4.77. The van der Waals surface area contributed by atoms with Crippen molar-refractivity contribution in [2.45, 2.75) is 91.6 Å². The van der Waals surface area contributed by atoms with Crippen molar-refractivity contribution >= 4 is 0 Å². The smallest absolute Gasteiger partial charge is 0.163 e. The molecule has 0 aromatic heterocycles. The lowest BCUT2D eigenvalue weighted by Gasteiger charge is -2.51. The van der Waals surface area contributed by atoms with Crippen LogP contribution in [0.25, 0.3) is 0 Å². The Hall–Kier alpha value is -0.0800. The molecule has 3 unspecified atom stereocenters. The van der Waals surface area contributed by atoms with Crippen molar-refractivity contribution in [2.24, 2.45) is 17.3 Å². The summed E-state index contributed by atoms with van der Waals surface area (Å²) in [5.41, 5.74) is 0.287. The summed E-state index contributed by atoms with van der Waals surface area (Å²) in [6.07, 6.45) is 8.58. The monoisotopic (exact) mass is 268 g/mol. The summed E-state index contributed by atoms with van der Waals surface area (Å²) >= 11 is 0. The molecule has 2 rings (SSSR count). The molecule has 0 radical (unpaired) electrons. The lowest BCUT2D eigenvalue weighted by Crippen LogP contribution is -2.48. The summed E-state index contributed by atoms with van der Waals surface area (Å²) in [5.74, 6) is 1.74. The van der Waals surface area contributed by atoms with Crippen LogP contribution in [0.3, 0.4) is 0 Å². The Morgan fingerprint density at radius 3 is 2.21 bits per heavy atom. The molecule has 2 heteroatoms.